The molecule has 4 heteroatoms. The molecule has 0 spiro atoms. The van der Waals surface area contributed by atoms with Crippen LogP contribution < -0.4 is 14.8 Å². The van der Waals surface area contributed by atoms with E-state index in [-0.39, 0.29) is 17.9 Å². The van der Waals surface area contributed by atoms with E-state index < -0.39 is 0 Å². The van der Waals surface area contributed by atoms with Crippen molar-refractivity contribution < 1.29 is 14.3 Å². The molecule has 1 amide bonds. The SMILES string of the molecule is CC(C)Oc1ccccc1NC(=O)C1CCOc2ccccc21. The second kappa shape index (κ2) is 6.73. The van der Waals surface area contributed by atoms with E-state index >= 15 is 0 Å². The van der Waals surface area contributed by atoms with Crippen LogP contribution >= 0.6 is 0 Å². The topological polar surface area (TPSA) is 47.6 Å². The summed E-state index contributed by atoms with van der Waals surface area (Å²) in [6, 6.07) is 15.2. The summed E-state index contributed by atoms with van der Waals surface area (Å²) in [7, 11) is 0. The number of ether oxygens (including phenoxy) is 2. The molecule has 3 rings (SSSR count). The van der Waals surface area contributed by atoms with Crippen LogP contribution in [0.3, 0.4) is 0 Å². The molecule has 0 aromatic heterocycles. The third kappa shape index (κ3) is 3.47. The molecule has 1 aliphatic rings. The first-order valence-corrected chi connectivity index (χ1v) is 7.93. The summed E-state index contributed by atoms with van der Waals surface area (Å²) >= 11 is 0. The number of hydrogen-bond acceptors (Lipinski definition) is 3. The Morgan fingerprint density at radius 3 is 2.74 bits per heavy atom. The van der Waals surface area contributed by atoms with Gasteiger partial charge in [-0.1, -0.05) is 30.3 Å². The van der Waals surface area contributed by atoms with Gasteiger partial charge in [0.2, 0.25) is 5.91 Å². The second-order valence-electron chi connectivity index (χ2n) is 5.88. The molecule has 0 fully saturated rings. The van der Waals surface area contributed by atoms with Crippen LogP contribution in [0.25, 0.3) is 0 Å². The lowest BCUT2D eigenvalue weighted by Gasteiger charge is -2.25. The summed E-state index contributed by atoms with van der Waals surface area (Å²) in [4.78, 5) is 12.7. The van der Waals surface area contributed by atoms with Gasteiger partial charge < -0.3 is 14.8 Å². The first kappa shape index (κ1) is 15.4. The van der Waals surface area contributed by atoms with Gasteiger partial charge in [0.25, 0.3) is 0 Å². The Hall–Kier alpha value is -2.49. The Kier molecular flexibility index (Phi) is 4.51. The van der Waals surface area contributed by atoms with E-state index in [4.69, 9.17) is 9.47 Å². The van der Waals surface area contributed by atoms with E-state index in [0.717, 1.165) is 11.3 Å². The van der Waals surface area contributed by atoms with Crippen molar-refractivity contribution in [1.82, 2.24) is 0 Å². The lowest BCUT2D eigenvalue weighted by Crippen LogP contribution is -2.26. The quantitative estimate of drug-likeness (QED) is 0.929. The minimum atomic E-state index is -0.202. The molecule has 4 nitrogen and oxygen atoms in total. The van der Waals surface area contributed by atoms with Crippen molar-refractivity contribution in [1.29, 1.82) is 0 Å². The first-order chi connectivity index (χ1) is 11.1. The van der Waals surface area contributed by atoms with Crippen molar-refractivity contribution in [3.8, 4) is 11.5 Å². The summed E-state index contributed by atoms with van der Waals surface area (Å²) in [5.41, 5.74) is 1.65. The normalized spacial score (nSPS) is 16.4. The van der Waals surface area contributed by atoms with Gasteiger partial charge in [0.05, 0.1) is 24.3 Å². The standard InChI is InChI=1S/C19H21NO3/c1-13(2)23-18-10-6-4-8-16(18)20-19(21)15-11-12-22-17-9-5-3-7-14(15)17/h3-10,13,15H,11-12H2,1-2H3,(H,20,21). The molecule has 0 bridgehead atoms. The van der Waals surface area contributed by atoms with E-state index in [1.807, 2.05) is 62.4 Å². The first-order valence-electron chi connectivity index (χ1n) is 7.93. The molecule has 0 radical (unpaired) electrons. The van der Waals surface area contributed by atoms with Crippen molar-refractivity contribution in [2.75, 3.05) is 11.9 Å². The molecule has 0 saturated heterocycles. The lowest BCUT2D eigenvalue weighted by molar-refractivity contribution is -0.118. The van der Waals surface area contributed by atoms with Gasteiger partial charge in [-0.15, -0.1) is 0 Å². The third-order valence-electron chi connectivity index (χ3n) is 3.78. The van der Waals surface area contributed by atoms with E-state index in [1.54, 1.807) is 0 Å². The van der Waals surface area contributed by atoms with Gasteiger partial charge >= 0.3 is 0 Å². The average Bonchev–Trinajstić information content (AvgIpc) is 2.55. The van der Waals surface area contributed by atoms with Gasteiger partial charge in [0.1, 0.15) is 11.5 Å². The Bertz CT molecular complexity index is 697. The van der Waals surface area contributed by atoms with Crippen molar-refractivity contribution >= 4 is 11.6 Å². The highest BCUT2D eigenvalue weighted by Crippen LogP contribution is 2.35. The highest BCUT2D eigenvalue weighted by Gasteiger charge is 2.27. The largest absolute Gasteiger partial charge is 0.493 e. The number of fused-ring (bicyclic) bond motifs is 1. The molecule has 23 heavy (non-hydrogen) atoms. The molecule has 1 heterocycles. The number of carbonyl (C=O) groups is 1. The van der Waals surface area contributed by atoms with Gasteiger partial charge in [0, 0.05) is 5.56 Å². The van der Waals surface area contributed by atoms with E-state index in [0.29, 0.717) is 24.5 Å². The molecular weight excluding hydrogens is 290 g/mol. The maximum absolute atomic E-state index is 12.7. The fourth-order valence-corrected chi connectivity index (χ4v) is 2.76. The molecule has 0 aliphatic carbocycles. The molecule has 120 valence electrons. The zero-order valence-electron chi connectivity index (χ0n) is 13.4. The Morgan fingerprint density at radius 1 is 1.17 bits per heavy atom. The maximum atomic E-state index is 12.7. The zero-order chi connectivity index (χ0) is 16.2. The summed E-state index contributed by atoms with van der Waals surface area (Å²) in [5, 5.41) is 3.01. The molecule has 1 aliphatic heterocycles. The van der Waals surface area contributed by atoms with E-state index in [1.165, 1.54) is 0 Å². The highest BCUT2D eigenvalue weighted by molar-refractivity contribution is 5.97. The minimum Gasteiger partial charge on any atom is -0.493 e. The molecular formula is C19H21NO3. The Balaban J connectivity index is 1.81. The third-order valence-corrected chi connectivity index (χ3v) is 3.78. The lowest BCUT2D eigenvalue weighted by atomic mass is 9.92. The summed E-state index contributed by atoms with van der Waals surface area (Å²) in [6.07, 6.45) is 0.729. The monoisotopic (exact) mass is 311 g/mol. The second-order valence-corrected chi connectivity index (χ2v) is 5.88. The van der Waals surface area contributed by atoms with Gasteiger partial charge in [-0.25, -0.2) is 0 Å². The van der Waals surface area contributed by atoms with Crippen molar-refractivity contribution in [3.63, 3.8) is 0 Å². The minimum absolute atomic E-state index is 0.0273. The summed E-state index contributed by atoms with van der Waals surface area (Å²) < 4.78 is 11.4. The fourth-order valence-electron chi connectivity index (χ4n) is 2.76. The van der Waals surface area contributed by atoms with Gasteiger partial charge in [-0.2, -0.15) is 0 Å². The maximum Gasteiger partial charge on any atom is 0.232 e. The number of carbonyl (C=O) groups excluding carboxylic acids is 1. The Labute approximate surface area is 136 Å². The number of rotatable bonds is 4. The Morgan fingerprint density at radius 2 is 1.91 bits per heavy atom. The van der Waals surface area contributed by atoms with E-state index in [9.17, 15) is 4.79 Å². The van der Waals surface area contributed by atoms with Gasteiger partial charge in [-0.3, -0.25) is 4.79 Å². The fraction of sp³-hybridized carbons (Fsp3) is 0.316. The highest BCUT2D eigenvalue weighted by atomic mass is 16.5. The number of benzene rings is 2. The molecule has 2 aromatic carbocycles. The number of para-hydroxylation sites is 3. The average molecular weight is 311 g/mol. The van der Waals surface area contributed by atoms with Crippen molar-refractivity contribution in [3.05, 3.63) is 54.1 Å². The van der Waals surface area contributed by atoms with Crippen LogP contribution in [0.5, 0.6) is 11.5 Å². The number of hydrogen-bond donors (Lipinski definition) is 1. The molecule has 1 atom stereocenters. The van der Waals surface area contributed by atoms with Crippen LogP contribution in [-0.2, 0) is 4.79 Å². The van der Waals surface area contributed by atoms with Gasteiger partial charge in [0.15, 0.2) is 0 Å². The summed E-state index contributed by atoms with van der Waals surface area (Å²) in [6.45, 7) is 4.49. The van der Waals surface area contributed by atoms with E-state index in [2.05, 4.69) is 5.32 Å². The number of nitrogens with one attached hydrogen (secondary N) is 1. The van der Waals surface area contributed by atoms with Crippen LogP contribution in [0.4, 0.5) is 5.69 Å². The van der Waals surface area contributed by atoms with Crippen LogP contribution in [0.1, 0.15) is 31.7 Å². The molecule has 2 aromatic rings. The molecule has 0 saturated carbocycles. The predicted molar refractivity (Wildman–Crippen MR) is 90.1 cm³/mol. The van der Waals surface area contributed by atoms with Crippen LogP contribution in [-0.4, -0.2) is 18.6 Å². The summed E-state index contributed by atoms with van der Waals surface area (Å²) in [5.74, 6) is 1.26. The zero-order valence-corrected chi connectivity index (χ0v) is 13.4. The number of amides is 1. The molecule has 1 N–H and O–H groups in total. The van der Waals surface area contributed by atoms with Crippen LogP contribution in [0.15, 0.2) is 48.5 Å². The smallest absolute Gasteiger partial charge is 0.232 e. The molecule has 1 unspecified atom stereocenters. The number of anilines is 1. The van der Waals surface area contributed by atoms with Crippen molar-refractivity contribution in [2.24, 2.45) is 0 Å². The van der Waals surface area contributed by atoms with Crippen molar-refractivity contribution in [2.45, 2.75) is 32.3 Å². The van der Waals surface area contributed by atoms with Crippen LogP contribution in [0.2, 0.25) is 0 Å². The predicted octanol–water partition coefficient (Wildman–Crippen LogP) is 3.98. The van der Waals surface area contributed by atoms with Crippen LogP contribution in [0, 0.1) is 0 Å². The van der Waals surface area contributed by atoms with Gasteiger partial charge in [-0.05, 0) is 38.5 Å².